The van der Waals surface area contributed by atoms with Gasteiger partial charge in [-0.3, -0.25) is 0 Å². The van der Waals surface area contributed by atoms with Crippen LogP contribution in [0.2, 0.25) is 0 Å². The van der Waals surface area contributed by atoms with E-state index in [1.807, 2.05) is 43.0 Å². The van der Waals surface area contributed by atoms with Gasteiger partial charge in [0.2, 0.25) is 0 Å². The molecule has 0 bridgehead atoms. The highest BCUT2D eigenvalue weighted by Gasteiger charge is 2.18. The monoisotopic (exact) mass is 383 g/mol. The summed E-state index contributed by atoms with van der Waals surface area (Å²) in [5.41, 5.74) is 2.98. The Morgan fingerprint density at radius 2 is 1.81 bits per heavy atom. The van der Waals surface area contributed by atoms with Crippen LogP contribution in [0, 0.1) is 6.92 Å². The molecule has 6 heteroatoms. The zero-order valence-electron chi connectivity index (χ0n) is 14.9. The lowest BCUT2D eigenvalue weighted by molar-refractivity contribution is 0.415. The predicted octanol–water partition coefficient (Wildman–Crippen LogP) is 5.62. The molecule has 1 aliphatic rings. The maximum absolute atomic E-state index is 5.22. The zero-order chi connectivity index (χ0) is 17.9. The van der Waals surface area contributed by atoms with E-state index in [2.05, 4.69) is 22.3 Å². The van der Waals surface area contributed by atoms with Crippen LogP contribution in [0.1, 0.15) is 31.4 Å². The van der Waals surface area contributed by atoms with Gasteiger partial charge in [-0.25, -0.2) is 4.98 Å². The van der Waals surface area contributed by atoms with Gasteiger partial charge in [-0.05, 0) is 56.2 Å². The largest absolute Gasteiger partial charge is 0.497 e. The fraction of sp³-hybridized carbons (Fsp3) is 0.350. The first-order valence-electron chi connectivity index (χ1n) is 8.85. The smallest absolute Gasteiger partial charge is 0.124 e. The Kier molecular flexibility index (Phi) is 5.22. The van der Waals surface area contributed by atoms with Gasteiger partial charge in [-0.15, -0.1) is 33.3 Å². The molecule has 134 valence electrons. The quantitative estimate of drug-likeness (QED) is 0.572. The Morgan fingerprint density at radius 1 is 1.04 bits per heavy atom. The van der Waals surface area contributed by atoms with E-state index in [9.17, 15) is 0 Å². The minimum Gasteiger partial charge on any atom is -0.497 e. The first-order valence-corrected chi connectivity index (χ1v) is 10.5. The molecule has 2 aromatic heterocycles. The van der Waals surface area contributed by atoms with Gasteiger partial charge in [0.05, 0.1) is 17.7 Å². The number of hydrogen-bond acceptors (Lipinski definition) is 6. The number of aryl methyl sites for hydroxylation is 1. The number of nitrogens with zero attached hydrogens (tertiary/aromatic N) is 3. The number of ether oxygens (including phenoxy) is 1. The van der Waals surface area contributed by atoms with E-state index in [1.165, 1.54) is 25.7 Å². The van der Waals surface area contributed by atoms with Crippen molar-refractivity contribution in [3.8, 4) is 26.9 Å². The number of methoxy groups -OCH3 is 1. The second-order valence-electron chi connectivity index (χ2n) is 6.44. The van der Waals surface area contributed by atoms with E-state index in [-0.39, 0.29) is 0 Å². The Hall–Kier alpha value is -1.92. The summed E-state index contributed by atoms with van der Waals surface area (Å²) in [6, 6.07) is 12.2. The maximum atomic E-state index is 5.22. The van der Waals surface area contributed by atoms with Crippen molar-refractivity contribution in [2.45, 2.75) is 42.9 Å². The van der Waals surface area contributed by atoms with Crippen LogP contribution in [-0.4, -0.2) is 27.5 Å². The van der Waals surface area contributed by atoms with E-state index < -0.39 is 0 Å². The molecule has 1 aromatic carbocycles. The van der Waals surface area contributed by atoms with Crippen molar-refractivity contribution in [3.05, 3.63) is 42.1 Å². The molecule has 0 aliphatic heterocycles. The highest BCUT2D eigenvalue weighted by atomic mass is 32.2. The fourth-order valence-corrected chi connectivity index (χ4v) is 5.35. The molecule has 0 unspecified atom stereocenters. The lowest BCUT2D eigenvalue weighted by Crippen LogP contribution is -1.96. The van der Waals surface area contributed by atoms with Gasteiger partial charge in [-0.2, -0.15) is 0 Å². The molecule has 0 radical (unpaired) electrons. The van der Waals surface area contributed by atoms with Crippen LogP contribution in [0.25, 0.3) is 21.1 Å². The summed E-state index contributed by atoms with van der Waals surface area (Å²) in [7, 11) is 1.67. The number of thiazole rings is 1. The van der Waals surface area contributed by atoms with E-state index in [0.29, 0.717) is 5.25 Å². The highest BCUT2D eigenvalue weighted by Crippen LogP contribution is 2.36. The molecular weight excluding hydrogens is 362 g/mol. The van der Waals surface area contributed by atoms with Crippen LogP contribution >= 0.6 is 23.1 Å². The SMILES string of the molecule is COc1ccc(-c2nc(C)c(-c3ccc(SC4CCCC4)nn3)s2)cc1. The van der Waals surface area contributed by atoms with Gasteiger partial charge in [0.25, 0.3) is 0 Å². The first-order chi connectivity index (χ1) is 12.7. The number of thioether (sulfide) groups is 1. The van der Waals surface area contributed by atoms with Crippen molar-refractivity contribution < 1.29 is 4.74 Å². The second-order valence-corrected chi connectivity index (χ2v) is 8.76. The minimum absolute atomic E-state index is 0.710. The number of hydrogen-bond donors (Lipinski definition) is 0. The van der Waals surface area contributed by atoms with Gasteiger partial charge >= 0.3 is 0 Å². The van der Waals surface area contributed by atoms with Crippen molar-refractivity contribution in [1.82, 2.24) is 15.2 Å². The molecule has 26 heavy (non-hydrogen) atoms. The van der Waals surface area contributed by atoms with E-state index in [0.717, 1.165) is 37.6 Å². The van der Waals surface area contributed by atoms with Crippen LogP contribution in [0.4, 0.5) is 0 Å². The van der Waals surface area contributed by atoms with E-state index in [4.69, 9.17) is 9.72 Å². The molecule has 0 atom stereocenters. The Balaban J connectivity index is 1.54. The second kappa shape index (κ2) is 7.76. The van der Waals surface area contributed by atoms with Crippen LogP contribution < -0.4 is 4.74 Å². The summed E-state index contributed by atoms with van der Waals surface area (Å²) in [6.07, 6.45) is 5.29. The standard InChI is InChI=1S/C20H21N3OS2/c1-13-19(26-20(21-13)14-7-9-15(24-2)10-8-14)17-11-12-18(23-22-17)25-16-5-3-4-6-16/h7-12,16H,3-6H2,1-2H3. The summed E-state index contributed by atoms with van der Waals surface area (Å²) < 4.78 is 5.22. The molecule has 1 fully saturated rings. The summed E-state index contributed by atoms with van der Waals surface area (Å²) >= 11 is 3.52. The van der Waals surface area contributed by atoms with Crippen LogP contribution in [0.15, 0.2) is 41.4 Å². The van der Waals surface area contributed by atoms with E-state index in [1.54, 1.807) is 18.4 Å². The summed E-state index contributed by atoms with van der Waals surface area (Å²) in [5.74, 6) is 0.850. The van der Waals surface area contributed by atoms with Crippen LogP contribution in [-0.2, 0) is 0 Å². The molecule has 0 N–H and O–H groups in total. The third-order valence-corrected chi connectivity index (χ3v) is 7.09. The van der Waals surface area contributed by atoms with Gasteiger partial charge in [0.15, 0.2) is 0 Å². The molecule has 1 saturated carbocycles. The first kappa shape index (κ1) is 17.5. The molecule has 4 nitrogen and oxygen atoms in total. The molecular formula is C20H21N3OS2. The van der Waals surface area contributed by atoms with Gasteiger partial charge in [0.1, 0.15) is 21.5 Å². The van der Waals surface area contributed by atoms with Crippen molar-refractivity contribution >= 4 is 23.1 Å². The Morgan fingerprint density at radius 3 is 2.46 bits per heavy atom. The third kappa shape index (κ3) is 3.76. The van der Waals surface area contributed by atoms with Crippen molar-refractivity contribution in [1.29, 1.82) is 0 Å². The van der Waals surface area contributed by atoms with E-state index >= 15 is 0 Å². The van der Waals surface area contributed by atoms with Gasteiger partial charge < -0.3 is 4.74 Å². The minimum atomic E-state index is 0.710. The average Bonchev–Trinajstić information content (AvgIpc) is 3.32. The molecule has 0 amide bonds. The molecule has 1 aliphatic carbocycles. The maximum Gasteiger partial charge on any atom is 0.124 e. The number of rotatable bonds is 5. The van der Waals surface area contributed by atoms with Crippen molar-refractivity contribution in [2.75, 3.05) is 7.11 Å². The molecule has 4 rings (SSSR count). The Labute approximate surface area is 162 Å². The lowest BCUT2D eigenvalue weighted by atomic mass is 10.2. The summed E-state index contributed by atoms with van der Waals surface area (Å²) in [5, 5.41) is 11.6. The van der Waals surface area contributed by atoms with Crippen molar-refractivity contribution in [2.24, 2.45) is 0 Å². The molecule has 2 heterocycles. The Bertz CT molecular complexity index is 869. The topological polar surface area (TPSA) is 47.9 Å². The average molecular weight is 384 g/mol. The van der Waals surface area contributed by atoms with Crippen LogP contribution in [0.5, 0.6) is 5.75 Å². The van der Waals surface area contributed by atoms with Crippen molar-refractivity contribution in [3.63, 3.8) is 0 Å². The molecule has 0 spiro atoms. The van der Waals surface area contributed by atoms with Gasteiger partial charge in [-0.1, -0.05) is 12.8 Å². The number of benzene rings is 1. The predicted molar refractivity (Wildman–Crippen MR) is 108 cm³/mol. The lowest BCUT2D eigenvalue weighted by Gasteiger charge is -2.07. The highest BCUT2D eigenvalue weighted by molar-refractivity contribution is 7.99. The zero-order valence-corrected chi connectivity index (χ0v) is 16.6. The molecule has 0 saturated heterocycles. The summed E-state index contributed by atoms with van der Waals surface area (Å²) in [4.78, 5) is 5.81. The molecule has 3 aromatic rings. The fourth-order valence-electron chi connectivity index (χ4n) is 3.17. The van der Waals surface area contributed by atoms with Gasteiger partial charge in [0, 0.05) is 10.8 Å². The summed E-state index contributed by atoms with van der Waals surface area (Å²) in [6.45, 7) is 2.03. The normalized spacial score (nSPS) is 14.7. The third-order valence-electron chi connectivity index (χ3n) is 4.60. The van der Waals surface area contributed by atoms with Crippen LogP contribution in [0.3, 0.4) is 0 Å². The number of aromatic nitrogens is 3.